The first kappa shape index (κ1) is 21.0. The Hall–Kier alpha value is -2.28. The molecule has 7 heteroatoms. The molecule has 1 aromatic heterocycles. The van der Waals surface area contributed by atoms with Crippen molar-refractivity contribution in [1.29, 1.82) is 0 Å². The van der Waals surface area contributed by atoms with E-state index in [1.165, 1.54) is 11.3 Å². The summed E-state index contributed by atoms with van der Waals surface area (Å²) in [5, 5.41) is 15.2. The van der Waals surface area contributed by atoms with Crippen LogP contribution in [0.1, 0.15) is 61.0 Å². The normalized spacial score (nSPS) is 12.0. The van der Waals surface area contributed by atoms with E-state index < -0.39 is 6.04 Å². The number of aromatic nitrogens is 2. The van der Waals surface area contributed by atoms with Gasteiger partial charge in [-0.3, -0.25) is 14.9 Å². The molecule has 0 aliphatic heterocycles. The summed E-state index contributed by atoms with van der Waals surface area (Å²) in [6, 6.07) is 6.72. The van der Waals surface area contributed by atoms with Crippen molar-refractivity contribution in [3.05, 3.63) is 40.4 Å². The largest absolute Gasteiger partial charge is 0.340 e. The lowest BCUT2D eigenvalue weighted by Crippen LogP contribution is -2.44. The second kappa shape index (κ2) is 10.2. The number of carbonyl (C=O) groups excluding carboxylic acids is 2. The van der Waals surface area contributed by atoms with Crippen LogP contribution in [0.2, 0.25) is 0 Å². The van der Waals surface area contributed by atoms with Crippen molar-refractivity contribution in [2.24, 2.45) is 5.92 Å². The highest BCUT2D eigenvalue weighted by Gasteiger charge is 2.24. The minimum Gasteiger partial charge on any atom is -0.340 e. The van der Waals surface area contributed by atoms with Crippen LogP contribution in [-0.4, -0.2) is 28.1 Å². The van der Waals surface area contributed by atoms with Gasteiger partial charge >= 0.3 is 0 Å². The van der Waals surface area contributed by atoms with E-state index in [0.29, 0.717) is 17.1 Å². The van der Waals surface area contributed by atoms with E-state index in [4.69, 9.17) is 0 Å². The number of nitrogens with zero attached hydrogens (tertiary/aromatic N) is 2. The monoisotopic (exact) mass is 388 g/mol. The smallest absolute Gasteiger partial charge is 0.252 e. The molecule has 2 amide bonds. The van der Waals surface area contributed by atoms with Gasteiger partial charge in [0, 0.05) is 12.0 Å². The number of hydrogen-bond acceptors (Lipinski definition) is 5. The van der Waals surface area contributed by atoms with Crippen molar-refractivity contribution < 1.29 is 9.59 Å². The van der Waals surface area contributed by atoms with Gasteiger partial charge < -0.3 is 5.32 Å². The third kappa shape index (κ3) is 6.43. The van der Waals surface area contributed by atoms with Gasteiger partial charge in [-0.05, 0) is 37.3 Å². The highest BCUT2D eigenvalue weighted by molar-refractivity contribution is 7.15. The fourth-order valence-corrected chi connectivity index (χ4v) is 3.48. The average Bonchev–Trinajstić information content (AvgIpc) is 3.06. The summed E-state index contributed by atoms with van der Waals surface area (Å²) in [4.78, 5) is 25.4. The van der Waals surface area contributed by atoms with E-state index >= 15 is 0 Å². The molecule has 1 heterocycles. The Balaban J connectivity index is 2.06. The Morgan fingerprint density at radius 1 is 1.19 bits per heavy atom. The molecule has 2 N–H and O–H groups in total. The number of hydrogen-bond donors (Lipinski definition) is 2. The van der Waals surface area contributed by atoms with Crippen LogP contribution in [0.15, 0.2) is 24.3 Å². The number of carbonyl (C=O) groups is 2. The first-order valence-electron chi connectivity index (χ1n) is 9.40. The topological polar surface area (TPSA) is 84.0 Å². The van der Waals surface area contributed by atoms with Gasteiger partial charge in [0.05, 0.1) is 0 Å². The first-order valence-corrected chi connectivity index (χ1v) is 10.2. The lowest BCUT2D eigenvalue weighted by molar-refractivity contribution is -0.118. The summed E-state index contributed by atoms with van der Waals surface area (Å²) >= 11 is 1.39. The third-order valence-corrected chi connectivity index (χ3v) is 5.06. The summed E-state index contributed by atoms with van der Waals surface area (Å²) in [5.41, 5.74) is 1.46. The van der Waals surface area contributed by atoms with E-state index in [9.17, 15) is 9.59 Å². The number of benzene rings is 1. The maximum absolute atomic E-state index is 12.7. The average molecular weight is 389 g/mol. The van der Waals surface area contributed by atoms with Gasteiger partial charge in [-0.2, -0.15) is 0 Å². The molecule has 0 saturated heterocycles. The zero-order chi connectivity index (χ0) is 19.8. The molecule has 0 saturated carbocycles. The van der Waals surface area contributed by atoms with Gasteiger partial charge in [0.15, 0.2) is 0 Å². The zero-order valence-corrected chi connectivity index (χ0v) is 17.2. The van der Waals surface area contributed by atoms with Gasteiger partial charge in [0.2, 0.25) is 11.0 Å². The summed E-state index contributed by atoms with van der Waals surface area (Å²) in [7, 11) is 0. The van der Waals surface area contributed by atoms with Gasteiger partial charge in [0.1, 0.15) is 11.0 Å². The summed E-state index contributed by atoms with van der Waals surface area (Å²) in [6.07, 6.45) is 3.54. The quantitative estimate of drug-likeness (QED) is 0.681. The molecule has 1 aromatic carbocycles. The molecule has 1 atom stereocenters. The standard InChI is InChI=1S/C20H28N4O2S/c1-5-6-11-17-23-24-20(27-17)22-19(26)16(12-13(2)3)21-18(25)15-10-8-7-9-14(15)4/h7-10,13,16H,5-6,11-12H2,1-4H3,(H,21,25)(H,22,24,26). The second-order valence-corrected chi connectivity index (χ2v) is 8.13. The Morgan fingerprint density at radius 2 is 1.93 bits per heavy atom. The molecular formula is C20H28N4O2S. The fourth-order valence-electron chi connectivity index (χ4n) is 2.69. The molecule has 0 radical (unpaired) electrons. The Kier molecular flexibility index (Phi) is 7.91. The molecular weight excluding hydrogens is 360 g/mol. The maximum atomic E-state index is 12.7. The molecule has 1 unspecified atom stereocenters. The van der Waals surface area contributed by atoms with Crippen molar-refractivity contribution in [1.82, 2.24) is 15.5 Å². The highest BCUT2D eigenvalue weighted by atomic mass is 32.1. The molecule has 0 aliphatic rings. The predicted octanol–water partition coefficient (Wildman–Crippen LogP) is 3.97. The Morgan fingerprint density at radius 3 is 2.59 bits per heavy atom. The third-order valence-electron chi connectivity index (χ3n) is 4.16. The number of aryl methyl sites for hydroxylation is 2. The highest BCUT2D eigenvalue weighted by Crippen LogP contribution is 2.18. The number of nitrogens with one attached hydrogen (secondary N) is 2. The fraction of sp³-hybridized carbons (Fsp3) is 0.500. The lowest BCUT2D eigenvalue weighted by Gasteiger charge is -2.20. The number of unbranched alkanes of at least 4 members (excludes halogenated alkanes) is 1. The maximum Gasteiger partial charge on any atom is 0.252 e. The van der Waals surface area contributed by atoms with Crippen LogP contribution in [0, 0.1) is 12.8 Å². The van der Waals surface area contributed by atoms with Crippen LogP contribution in [-0.2, 0) is 11.2 Å². The number of amides is 2. The first-order chi connectivity index (χ1) is 12.9. The van der Waals surface area contributed by atoms with Crippen molar-refractivity contribution >= 4 is 28.3 Å². The van der Waals surface area contributed by atoms with Crippen LogP contribution in [0.4, 0.5) is 5.13 Å². The summed E-state index contributed by atoms with van der Waals surface area (Å²) in [6.45, 7) is 8.05. The molecule has 0 spiro atoms. The molecule has 27 heavy (non-hydrogen) atoms. The van der Waals surface area contributed by atoms with Gasteiger partial charge in [-0.25, -0.2) is 0 Å². The minimum absolute atomic E-state index is 0.241. The van der Waals surface area contributed by atoms with Crippen LogP contribution >= 0.6 is 11.3 Å². The molecule has 2 aromatic rings. The molecule has 0 bridgehead atoms. The van der Waals surface area contributed by atoms with Crippen LogP contribution in [0.25, 0.3) is 0 Å². The summed E-state index contributed by atoms with van der Waals surface area (Å²) < 4.78 is 0. The number of rotatable bonds is 9. The van der Waals surface area contributed by atoms with Crippen LogP contribution < -0.4 is 10.6 Å². The van der Waals surface area contributed by atoms with Crippen molar-refractivity contribution in [2.75, 3.05) is 5.32 Å². The van der Waals surface area contributed by atoms with Crippen LogP contribution in [0.5, 0.6) is 0 Å². The van der Waals surface area contributed by atoms with E-state index in [0.717, 1.165) is 29.8 Å². The number of anilines is 1. The van der Waals surface area contributed by atoms with Gasteiger partial charge in [0.25, 0.3) is 5.91 Å². The lowest BCUT2D eigenvalue weighted by atomic mass is 10.0. The Bertz CT molecular complexity index is 773. The summed E-state index contributed by atoms with van der Waals surface area (Å²) in [5.74, 6) is -0.244. The second-order valence-electron chi connectivity index (χ2n) is 7.06. The van der Waals surface area contributed by atoms with Gasteiger partial charge in [-0.15, -0.1) is 10.2 Å². The Labute approximate surface area is 164 Å². The van der Waals surface area contributed by atoms with Crippen LogP contribution in [0.3, 0.4) is 0 Å². The molecule has 2 rings (SSSR count). The van der Waals surface area contributed by atoms with Crippen molar-refractivity contribution in [3.8, 4) is 0 Å². The van der Waals surface area contributed by atoms with E-state index in [-0.39, 0.29) is 17.7 Å². The van der Waals surface area contributed by atoms with E-state index in [1.807, 2.05) is 39.0 Å². The molecule has 0 aliphatic carbocycles. The molecule has 146 valence electrons. The molecule has 6 nitrogen and oxygen atoms in total. The van der Waals surface area contributed by atoms with Crippen molar-refractivity contribution in [2.45, 2.75) is 59.4 Å². The molecule has 0 fully saturated rings. The van der Waals surface area contributed by atoms with E-state index in [2.05, 4.69) is 27.8 Å². The van der Waals surface area contributed by atoms with E-state index in [1.54, 1.807) is 6.07 Å². The minimum atomic E-state index is -0.625. The predicted molar refractivity (Wildman–Crippen MR) is 109 cm³/mol. The zero-order valence-electron chi connectivity index (χ0n) is 16.4. The SMILES string of the molecule is CCCCc1nnc(NC(=O)C(CC(C)C)NC(=O)c2ccccc2C)s1. The van der Waals surface area contributed by atoms with Crippen molar-refractivity contribution in [3.63, 3.8) is 0 Å². The van der Waals surface area contributed by atoms with Gasteiger partial charge in [-0.1, -0.05) is 56.7 Å².